The Morgan fingerprint density at radius 3 is 2.33 bits per heavy atom. The molecule has 0 spiro atoms. The molecule has 0 aromatic heterocycles. The van der Waals surface area contributed by atoms with E-state index < -0.39 is 0 Å². The lowest BCUT2D eigenvalue weighted by molar-refractivity contribution is -0.137. The average molecular weight is 230 g/mol. The molecule has 1 rings (SSSR count). The number of halogens is 1. The maximum atomic E-state index is 11.0. The predicted molar refractivity (Wildman–Crippen MR) is 47.5 cm³/mol. The van der Waals surface area contributed by atoms with Crippen molar-refractivity contribution in [3.63, 3.8) is 0 Å². The quantitative estimate of drug-likeness (QED) is 0.374. The number of rotatable bonds is 1. The van der Waals surface area contributed by atoms with Gasteiger partial charge in [0.1, 0.15) is 0 Å². The molecule has 1 aliphatic rings. The van der Waals surface area contributed by atoms with Gasteiger partial charge in [-0.15, -0.1) is 0 Å². The van der Waals surface area contributed by atoms with Crippen LogP contribution in [0.4, 0.5) is 0 Å². The van der Waals surface area contributed by atoms with E-state index in [9.17, 15) is 9.59 Å². The molecular weight excluding hydrogens is 222 g/mol. The Kier molecular flexibility index (Phi) is 3.30. The van der Waals surface area contributed by atoms with E-state index in [1.165, 1.54) is 4.90 Å². The fraction of sp³-hybridized carbons (Fsp3) is 0.500. The molecule has 0 bridgehead atoms. The minimum absolute atomic E-state index is 0.108. The number of hydrogen-bond acceptors (Lipinski definition) is 2. The van der Waals surface area contributed by atoms with Crippen LogP contribution in [0.25, 0.3) is 0 Å². The fourth-order valence-electron chi connectivity index (χ4n) is 0.981. The number of nitrogens with zero attached hydrogens (tertiary/aromatic N) is 1. The first-order valence-corrected chi connectivity index (χ1v) is 4.72. The zero-order chi connectivity index (χ0) is 8.97. The largest absolute Gasteiger partial charge is 0.274 e. The number of likely N-dealkylation sites (tertiary alicyclic amines) is 1. The number of amides is 2. The molecule has 1 heterocycles. The third-order valence-corrected chi connectivity index (χ3v) is 1.86. The van der Waals surface area contributed by atoms with Gasteiger partial charge in [0.25, 0.3) is 0 Å². The van der Waals surface area contributed by atoms with E-state index in [1.807, 2.05) is 0 Å². The molecule has 0 atom stereocenters. The van der Waals surface area contributed by atoms with Gasteiger partial charge < -0.3 is 0 Å². The molecule has 0 aromatic carbocycles. The minimum atomic E-state index is -0.108. The first-order chi connectivity index (χ1) is 5.75. The Hall–Kier alpha value is -0.820. The number of alkyl halides is 1. The van der Waals surface area contributed by atoms with Gasteiger partial charge in [0.05, 0.1) is 11.9 Å². The zero-order valence-corrected chi connectivity index (χ0v) is 8.06. The average Bonchev–Trinajstić information content (AvgIpc) is 2.35. The van der Waals surface area contributed by atoms with E-state index in [0.29, 0.717) is 18.2 Å². The van der Waals surface area contributed by atoms with Crippen LogP contribution >= 0.6 is 15.9 Å². The molecule has 0 aromatic rings. The van der Waals surface area contributed by atoms with Crippen molar-refractivity contribution in [3.05, 3.63) is 0 Å². The maximum Gasteiger partial charge on any atom is 0.230 e. The van der Waals surface area contributed by atoms with E-state index in [4.69, 9.17) is 0 Å². The Morgan fingerprint density at radius 1 is 1.25 bits per heavy atom. The van der Waals surface area contributed by atoms with E-state index in [2.05, 4.69) is 27.8 Å². The van der Waals surface area contributed by atoms with Crippen molar-refractivity contribution >= 4 is 27.7 Å². The molecule has 0 aliphatic carbocycles. The van der Waals surface area contributed by atoms with E-state index in [1.54, 1.807) is 0 Å². The van der Waals surface area contributed by atoms with Crippen LogP contribution in [-0.4, -0.2) is 28.6 Å². The standard InChI is InChI=1S/C8H8BrNO2/c9-5-1-2-6-10-7(11)3-4-8(10)12/h3-6H2. The SMILES string of the molecule is O=C1CCC(=O)N1CC#CCBr. The highest BCUT2D eigenvalue weighted by Gasteiger charge is 2.27. The molecule has 0 N–H and O–H groups in total. The lowest BCUT2D eigenvalue weighted by Crippen LogP contribution is -2.29. The minimum Gasteiger partial charge on any atom is -0.274 e. The van der Waals surface area contributed by atoms with E-state index in [0.717, 1.165) is 0 Å². The van der Waals surface area contributed by atoms with Gasteiger partial charge in [0.2, 0.25) is 11.8 Å². The van der Waals surface area contributed by atoms with Crippen LogP contribution in [0.2, 0.25) is 0 Å². The Balaban J connectivity index is 2.50. The monoisotopic (exact) mass is 229 g/mol. The molecule has 1 fully saturated rings. The second-order valence-electron chi connectivity index (χ2n) is 2.36. The Labute approximate surface area is 79.2 Å². The van der Waals surface area contributed by atoms with Gasteiger partial charge in [0.15, 0.2) is 0 Å². The summed E-state index contributed by atoms with van der Waals surface area (Å²) in [5.41, 5.74) is 0. The highest BCUT2D eigenvalue weighted by molar-refractivity contribution is 9.09. The molecule has 0 saturated carbocycles. The number of carbonyl (C=O) groups excluding carboxylic acids is 2. The van der Waals surface area contributed by atoms with Gasteiger partial charge in [-0.25, -0.2) is 0 Å². The van der Waals surface area contributed by atoms with Gasteiger partial charge in [-0.2, -0.15) is 0 Å². The van der Waals surface area contributed by atoms with Crippen molar-refractivity contribution in [1.29, 1.82) is 0 Å². The van der Waals surface area contributed by atoms with E-state index >= 15 is 0 Å². The summed E-state index contributed by atoms with van der Waals surface area (Å²) < 4.78 is 0. The van der Waals surface area contributed by atoms with Crippen molar-refractivity contribution < 1.29 is 9.59 Å². The zero-order valence-electron chi connectivity index (χ0n) is 6.47. The summed E-state index contributed by atoms with van der Waals surface area (Å²) in [4.78, 5) is 23.2. The summed E-state index contributed by atoms with van der Waals surface area (Å²) in [6, 6.07) is 0. The van der Waals surface area contributed by atoms with Crippen LogP contribution in [0.3, 0.4) is 0 Å². The van der Waals surface area contributed by atoms with Crippen molar-refractivity contribution in [1.82, 2.24) is 4.90 Å². The predicted octanol–water partition coefficient (Wildman–Crippen LogP) is 0.534. The third kappa shape index (κ3) is 2.08. The van der Waals surface area contributed by atoms with Gasteiger partial charge in [-0.3, -0.25) is 14.5 Å². The summed E-state index contributed by atoms with van der Waals surface area (Å²) in [6.45, 7) is 0.239. The summed E-state index contributed by atoms with van der Waals surface area (Å²) in [5.74, 6) is 5.25. The van der Waals surface area contributed by atoms with Crippen molar-refractivity contribution in [2.45, 2.75) is 12.8 Å². The van der Waals surface area contributed by atoms with Crippen LogP contribution in [0.5, 0.6) is 0 Å². The molecule has 4 heteroatoms. The smallest absolute Gasteiger partial charge is 0.230 e. The molecule has 1 aliphatic heterocycles. The molecule has 0 unspecified atom stereocenters. The van der Waals surface area contributed by atoms with Gasteiger partial charge in [-0.1, -0.05) is 27.8 Å². The van der Waals surface area contributed by atoms with Crippen LogP contribution < -0.4 is 0 Å². The van der Waals surface area contributed by atoms with Crippen LogP contribution in [0.15, 0.2) is 0 Å². The van der Waals surface area contributed by atoms with Gasteiger partial charge >= 0.3 is 0 Å². The molecular formula is C8H8BrNO2. The van der Waals surface area contributed by atoms with Crippen LogP contribution in [-0.2, 0) is 9.59 Å². The van der Waals surface area contributed by atoms with Crippen molar-refractivity contribution in [2.24, 2.45) is 0 Å². The second kappa shape index (κ2) is 4.27. The maximum absolute atomic E-state index is 11.0. The second-order valence-corrected chi connectivity index (χ2v) is 2.92. The molecule has 3 nitrogen and oxygen atoms in total. The normalized spacial score (nSPS) is 16.2. The highest BCUT2D eigenvalue weighted by atomic mass is 79.9. The topological polar surface area (TPSA) is 37.4 Å². The van der Waals surface area contributed by atoms with Gasteiger partial charge in [0, 0.05) is 12.8 Å². The van der Waals surface area contributed by atoms with Crippen molar-refractivity contribution in [2.75, 3.05) is 11.9 Å². The summed E-state index contributed by atoms with van der Waals surface area (Å²) in [5, 5.41) is 0.573. The summed E-state index contributed by atoms with van der Waals surface area (Å²) in [7, 11) is 0. The van der Waals surface area contributed by atoms with Crippen LogP contribution in [0.1, 0.15) is 12.8 Å². The lowest BCUT2D eigenvalue weighted by atomic mass is 10.4. The first kappa shape index (κ1) is 9.27. The van der Waals surface area contributed by atoms with Gasteiger partial charge in [-0.05, 0) is 0 Å². The number of imide groups is 1. The van der Waals surface area contributed by atoms with Crippen molar-refractivity contribution in [3.8, 4) is 11.8 Å². The molecule has 1 saturated heterocycles. The molecule has 12 heavy (non-hydrogen) atoms. The van der Waals surface area contributed by atoms with E-state index in [-0.39, 0.29) is 18.4 Å². The Bertz CT molecular complexity index is 248. The molecule has 64 valence electrons. The third-order valence-electron chi connectivity index (χ3n) is 1.58. The molecule has 0 radical (unpaired) electrons. The highest BCUT2D eigenvalue weighted by Crippen LogP contribution is 2.09. The number of hydrogen-bond donors (Lipinski definition) is 0. The van der Waals surface area contributed by atoms with Crippen LogP contribution in [0, 0.1) is 11.8 Å². The summed E-state index contributed by atoms with van der Waals surface area (Å²) >= 11 is 3.13. The lowest BCUT2D eigenvalue weighted by Gasteiger charge is -2.07. The molecule has 2 amide bonds. The number of carbonyl (C=O) groups is 2. The first-order valence-electron chi connectivity index (χ1n) is 3.60. The Morgan fingerprint density at radius 2 is 1.83 bits per heavy atom. The fourth-order valence-corrected chi connectivity index (χ4v) is 1.18. The summed E-state index contributed by atoms with van der Waals surface area (Å²) in [6.07, 6.45) is 0.684.